The highest BCUT2D eigenvalue weighted by Crippen LogP contribution is 2.44. The van der Waals surface area contributed by atoms with E-state index in [1.54, 1.807) is 13.0 Å². The molecule has 0 spiro atoms. The Kier molecular flexibility index (Phi) is 10.3. The Labute approximate surface area is 277 Å². The molecular formula is C37H51F3N6O. The van der Waals surface area contributed by atoms with Crippen molar-refractivity contribution in [1.29, 1.82) is 0 Å². The summed E-state index contributed by atoms with van der Waals surface area (Å²) in [5, 5.41) is 4.03. The maximum Gasteiger partial charge on any atom is 0.278 e. The number of pyridine rings is 1. The number of alkyl halides is 2. The summed E-state index contributed by atoms with van der Waals surface area (Å²) in [6.07, 6.45) is 8.87. The van der Waals surface area contributed by atoms with Crippen LogP contribution in [0.5, 0.6) is 0 Å². The van der Waals surface area contributed by atoms with E-state index in [9.17, 15) is 4.79 Å². The molecule has 6 heterocycles. The first-order valence-electron chi connectivity index (χ1n) is 17.9. The average molecular weight is 653 g/mol. The molecule has 2 fully saturated rings. The Balaban J connectivity index is 1.39. The minimum absolute atomic E-state index is 0.00905. The van der Waals surface area contributed by atoms with Gasteiger partial charge in [0.25, 0.3) is 11.5 Å². The topological polar surface area (TPSA) is 66.3 Å². The molecular weight excluding hydrogens is 601 g/mol. The van der Waals surface area contributed by atoms with Crippen molar-refractivity contribution in [3.8, 4) is 0 Å². The van der Waals surface area contributed by atoms with Crippen LogP contribution in [0.3, 0.4) is 0 Å². The van der Waals surface area contributed by atoms with Gasteiger partial charge in [-0.2, -0.15) is 0 Å². The number of nitrogens with zero attached hydrogens (tertiary/aromatic N) is 5. The Morgan fingerprint density at radius 1 is 0.894 bits per heavy atom. The third-order valence-electron chi connectivity index (χ3n) is 11.2. The number of fused-ring (bicyclic) bond motifs is 9. The first kappa shape index (κ1) is 33.9. The maximum absolute atomic E-state index is 16.1. The van der Waals surface area contributed by atoms with Crippen molar-refractivity contribution in [3.05, 3.63) is 63.5 Å². The third-order valence-corrected chi connectivity index (χ3v) is 11.2. The van der Waals surface area contributed by atoms with E-state index < -0.39 is 29.3 Å². The van der Waals surface area contributed by atoms with E-state index in [1.165, 1.54) is 18.5 Å². The van der Waals surface area contributed by atoms with Crippen LogP contribution in [0.25, 0.3) is 11.0 Å². The highest BCUT2D eigenvalue weighted by atomic mass is 19.3. The van der Waals surface area contributed by atoms with Crippen LogP contribution in [0.1, 0.15) is 114 Å². The third kappa shape index (κ3) is 6.95. The average Bonchev–Trinajstić information content (AvgIpc) is 3.06. The minimum Gasteiger partial charge on any atom is -0.363 e. The highest BCUT2D eigenvalue weighted by Gasteiger charge is 2.45. The van der Waals surface area contributed by atoms with E-state index in [4.69, 9.17) is 0 Å². The lowest BCUT2D eigenvalue weighted by Crippen LogP contribution is -2.43. The number of rotatable bonds is 2. The molecule has 2 saturated heterocycles. The van der Waals surface area contributed by atoms with Crippen LogP contribution in [0, 0.1) is 11.7 Å². The van der Waals surface area contributed by atoms with Crippen LogP contribution in [0.15, 0.2) is 35.4 Å². The molecule has 10 heteroatoms. The molecule has 7 nitrogen and oxygen atoms in total. The SMILES string of the molecule is CC(C)N1CCC(c2cc3c4ncnc3n(c2=O)CCCCCCC(C)N2CCC(CC2)C(F)(F)c2cccc(c2F)[C@@H](C)N4)CC1. The summed E-state index contributed by atoms with van der Waals surface area (Å²) >= 11 is 0. The number of nitrogens with one attached hydrogen (secondary N) is 1. The van der Waals surface area contributed by atoms with Gasteiger partial charge in [-0.25, -0.2) is 23.1 Å². The number of aromatic nitrogens is 3. The summed E-state index contributed by atoms with van der Waals surface area (Å²) in [6.45, 7) is 12.0. The van der Waals surface area contributed by atoms with Crippen molar-refractivity contribution in [1.82, 2.24) is 24.3 Å². The van der Waals surface area contributed by atoms with Gasteiger partial charge in [0.1, 0.15) is 23.6 Å². The fraction of sp³-hybridized carbons (Fsp3) is 0.649. The molecule has 7 rings (SSSR count). The summed E-state index contributed by atoms with van der Waals surface area (Å²) in [7, 11) is 0. The van der Waals surface area contributed by atoms with Crippen molar-refractivity contribution in [3.63, 3.8) is 0 Å². The maximum atomic E-state index is 16.1. The lowest BCUT2D eigenvalue weighted by molar-refractivity contribution is -0.0907. The predicted octanol–water partition coefficient (Wildman–Crippen LogP) is 7.85. The minimum atomic E-state index is -3.27. The van der Waals surface area contributed by atoms with E-state index in [0.29, 0.717) is 61.4 Å². The van der Waals surface area contributed by atoms with Gasteiger partial charge >= 0.3 is 0 Å². The molecule has 3 aromatic rings. The second-order valence-corrected chi connectivity index (χ2v) is 14.5. The van der Waals surface area contributed by atoms with E-state index >= 15 is 13.2 Å². The monoisotopic (exact) mass is 652 g/mol. The quantitative estimate of drug-likeness (QED) is 0.304. The lowest BCUT2D eigenvalue weighted by Gasteiger charge is -2.39. The van der Waals surface area contributed by atoms with Gasteiger partial charge in [0, 0.05) is 35.7 Å². The molecule has 4 aliphatic rings. The zero-order valence-corrected chi connectivity index (χ0v) is 28.5. The Morgan fingerprint density at radius 2 is 1.62 bits per heavy atom. The van der Waals surface area contributed by atoms with Gasteiger partial charge in [0.2, 0.25) is 0 Å². The number of hydrogen-bond acceptors (Lipinski definition) is 6. The molecule has 0 aliphatic carbocycles. The first-order chi connectivity index (χ1) is 22.6. The number of hydrogen-bond donors (Lipinski definition) is 1. The van der Waals surface area contributed by atoms with Crippen molar-refractivity contribution < 1.29 is 13.2 Å². The second-order valence-electron chi connectivity index (χ2n) is 14.5. The molecule has 2 aromatic heterocycles. The number of benzene rings is 1. The van der Waals surface area contributed by atoms with Crippen LogP contribution in [0.2, 0.25) is 0 Å². The smallest absolute Gasteiger partial charge is 0.278 e. The summed E-state index contributed by atoms with van der Waals surface area (Å²) in [5.74, 6) is -4.45. The highest BCUT2D eigenvalue weighted by molar-refractivity contribution is 5.87. The lowest BCUT2D eigenvalue weighted by atomic mass is 9.84. The molecule has 0 saturated carbocycles. The summed E-state index contributed by atoms with van der Waals surface area (Å²) in [4.78, 5) is 28.0. The van der Waals surface area contributed by atoms with Gasteiger partial charge in [0.15, 0.2) is 0 Å². The van der Waals surface area contributed by atoms with Crippen LogP contribution in [-0.4, -0.2) is 62.6 Å². The molecule has 1 unspecified atom stereocenters. The fourth-order valence-corrected chi connectivity index (χ4v) is 8.14. The molecule has 8 bridgehead atoms. The summed E-state index contributed by atoms with van der Waals surface area (Å²) < 4.78 is 49.9. The van der Waals surface area contributed by atoms with Gasteiger partial charge in [-0.05, 0) is 104 Å². The van der Waals surface area contributed by atoms with Gasteiger partial charge in [0.05, 0.1) is 17.0 Å². The van der Waals surface area contributed by atoms with E-state index in [0.717, 1.165) is 63.6 Å². The molecule has 4 aliphatic heterocycles. The van der Waals surface area contributed by atoms with Crippen LogP contribution < -0.4 is 10.9 Å². The largest absolute Gasteiger partial charge is 0.363 e. The van der Waals surface area contributed by atoms with Crippen molar-refractivity contribution >= 4 is 16.9 Å². The number of aryl methyl sites for hydroxylation is 1. The molecule has 2 atom stereocenters. The Morgan fingerprint density at radius 3 is 2.34 bits per heavy atom. The predicted molar refractivity (Wildman–Crippen MR) is 182 cm³/mol. The van der Waals surface area contributed by atoms with Crippen LogP contribution >= 0.6 is 0 Å². The standard InChI is InChI=1S/C37H51F3N6O/c1-24(2)44-18-13-27(14-19-44)30-22-31-34-41-23-42-35(31)46(36(30)47)17-8-6-5-7-10-25(3)45-20-15-28(16-21-45)37(39,40)32-12-9-11-29(33(32)38)26(4)43-34/h9,11-12,22-28H,5-8,10,13-21H2,1-4H3,(H,41,42,43)/t25?,26-/m1/s1. The van der Waals surface area contributed by atoms with Crippen LogP contribution in [0.4, 0.5) is 19.0 Å². The van der Waals surface area contributed by atoms with E-state index in [-0.39, 0.29) is 17.0 Å². The molecule has 47 heavy (non-hydrogen) atoms. The summed E-state index contributed by atoms with van der Waals surface area (Å²) in [6, 6.07) is 6.39. The van der Waals surface area contributed by atoms with Crippen molar-refractivity contribution in [2.75, 3.05) is 31.5 Å². The zero-order chi connectivity index (χ0) is 33.3. The normalized spacial score (nSPS) is 26.7. The Hall–Kier alpha value is -2.98. The van der Waals surface area contributed by atoms with Gasteiger partial charge in [-0.1, -0.05) is 37.5 Å². The zero-order valence-electron chi connectivity index (χ0n) is 28.5. The first-order valence-corrected chi connectivity index (χ1v) is 17.9. The second kappa shape index (κ2) is 14.2. The number of likely N-dealkylation sites (tertiary alicyclic amines) is 1. The van der Waals surface area contributed by atoms with E-state index in [1.807, 2.05) is 10.6 Å². The molecule has 1 aromatic carbocycles. The van der Waals surface area contributed by atoms with Gasteiger partial charge < -0.3 is 15.1 Å². The molecule has 0 amide bonds. The summed E-state index contributed by atoms with van der Waals surface area (Å²) in [5.41, 5.74) is 0.969. The van der Waals surface area contributed by atoms with Crippen molar-refractivity contribution in [2.45, 2.75) is 122 Å². The number of piperidine rings is 2. The molecule has 1 N–H and O–H groups in total. The van der Waals surface area contributed by atoms with Gasteiger partial charge in [-0.3, -0.25) is 9.36 Å². The van der Waals surface area contributed by atoms with Crippen molar-refractivity contribution in [2.24, 2.45) is 5.92 Å². The van der Waals surface area contributed by atoms with E-state index in [2.05, 4.69) is 45.9 Å². The molecule has 256 valence electrons. The van der Waals surface area contributed by atoms with Gasteiger partial charge in [-0.15, -0.1) is 0 Å². The number of halogens is 3. The molecule has 0 radical (unpaired) electrons. The van der Waals surface area contributed by atoms with Crippen LogP contribution in [-0.2, 0) is 12.5 Å². The fourth-order valence-electron chi connectivity index (χ4n) is 8.14. The Bertz CT molecular complexity index is 1590. The number of anilines is 1.